The van der Waals surface area contributed by atoms with E-state index in [1.165, 1.54) is 11.9 Å². The predicted octanol–water partition coefficient (Wildman–Crippen LogP) is 0.511. The van der Waals surface area contributed by atoms with Crippen molar-refractivity contribution in [2.24, 2.45) is 0 Å². The molecule has 0 aromatic carbocycles. The van der Waals surface area contributed by atoms with E-state index in [1.807, 2.05) is 0 Å². The molecule has 1 aliphatic rings. The minimum atomic E-state index is -0.465. The van der Waals surface area contributed by atoms with Crippen molar-refractivity contribution in [2.75, 3.05) is 5.75 Å². The lowest BCUT2D eigenvalue weighted by Gasteiger charge is -1.81. The molecule has 0 aliphatic carbocycles. The highest BCUT2D eigenvalue weighted by molar-refractivity contribution is 8.22. The van der Waals surface area contributed by atoms with Gasteiger partial charge in [0.15, 0.2) is 0 Å². The summed E-state index contributed by atoms with van der Waals surface area (Å²) in [5, 5.41) is 7.55. The molecule has 0 amide bonds. The molecule has 0 aromatic heterocycles. The highest BCUT2D eigenvalue weighted by atomic mass is 32.2. The first-order valence-corrected chi connectivity index (χ1v) is 3.92. The Morgan fingerprint density at radius 2 is 2.57 bits per heavy atom. The molecular formula is C2H5N3S2. The van der Waals surface area contributed by atoms with Crippen LogP contribution in [-0.2, 0) is 10.9 Å². The minimum absolute atomic E-state index is 0.465. The van der Waals surface area contributed by atoms with E-state index >= 15 is 0 Å². The molecule has 0 radical (unpaired) electrons. The van der Waals surface area contributed by atoms with Gasteiger partial charge in [-0.05, 0) is 22.8 Å². The first kappa shape index (κ1) is 5.27. The fraction of sp³-hybridized carbons (Fsp3) is 0.500. The molecule has 1 saturated heterocycles. The van der Waals surface area contributed by atoms with Gasteiger partial charge in [0, 0.05) is 0 Å². The van der Waals surface area contributed by atoms with E-state index in [0.29, 0.717) is 10.8 Å². The molecule has 7 heavy (non-hydrogen) atoms. The average molecular weight is 135 g/mol. The van der Waals surface area contributed by atoms with Gasteiger partial charge < -0.3 is 0 Å². The number of rotatable bonds is 0. The molecule has 3 nitrogen and oxygen atoms in total. The average Bonchev–Trinajstić information content (AvgIpc) is 1.87. The summed E-state index contributed by atoms with van der Waals surface area (Å²) in [6.45, 7) is 0. The maximum atomic E-state index is 7.02. The molecule has 5 heteroatoms. The number of hydrogen-bond acceptors (Lipinski definition) is 3. The molecule has 1 unspecified atom stereocenters. The zero-order chi connectivity index (χ0) is 5.28. The molecule has 0 aromatic rings. The SMILES string of the molecule is N=C1CS(=N)NS1. The Morgan fingerprint density at radius 3 is 2.71 bits per heavy atom. The Kier molecular flexibility index (Phi) is 1.46. The van der Waals surface area contributed by atoms with Gasteiger partial charge in [-0.1, -0.05) is 0 Å². The second-order valence-corrected chi connectivity index (χ2v) is 3.58. The zero-order valence-electron chi connectivity index (χ0n) is 3.52. The molecule has 1 rings (SSSR count). The molecule has 0 bridgehead atoms. The van der Waals surface area contributed by atoms with Crippen LogP contribution in [0.1, 0.15) is 0 Å². The third kappa shape index (κ3) is 1.25. The first-order chi connectivity index (χ1) is 3.29. The Bertz CT molecular complexity index is 106. The van der Waals surface area contributed by atoms with Gasteiger partial charge in [-0.15, -0.1) is 0 Å². The fourth-order valence-electron chi connectivity index (χ4n) is 0.291. The van der Waals surface area contributed by atoms with Gasteiger partial charge in [-0.3, -0.25) is 10.2 Å². The van der Waals surface area contributed by atoms with Crippen molar-refractivity contribution in [2.45, 2.75) is 0 Å². The first-order valence-electron chi connectivity index (χ1n) is 1.71. The van der Waals surface area contributed by atoms with Crippen LogP contribution in [-0.4, -0.2) is 10.8 Å². The van der Waals surface area contributed by atoms with Gasteiger partial charge in [0.1, 0.15) is 0 Å². The van der Waals surface area contributed by atoms with Crippen molar-refractivity contribution in [3.63, 3.8) is 0 Å². The Hall–Kier alpha value is 0.130. The quantitative estimate of drug-likeness (QED) is 0.424. The van der Waals surface area contributed by atoms with E-state index in [1.54, 1.807) is 0 Å². The monoisotopic (exact) mass is 135 g/mol. The summed E-state index contributed by atoms with van der Waals surface area (Å²) in [5.74, 6) is 0.602. The van der Waals surface area contributed by atoms with E-state index in [0.717, 1.165) is 0 Å². The third-order valence-corrected chi connectivity index (χ3v) is 2.83. The van der Waals surface area contributed by atoms with Gasteiger partial charge in [0.05, 0.1) is 10.8 Å². The molecule has 1 atom stereocenters. The lowest BCUT2D eigenvalue weighted by molar-refractivity contribution is 1.53. The van der Waals surface area contributed by atoms with Crippen molar-refractivity contribution in [3.05, 3.63) is 0 Å². The van der Waals surface area contributed by atoms with Crippen LogP contribution >= 0.6 is 11.9 Å². The molecule has 1 fully saturated rings. The van der Waals surface area contributed by atoms with Gasteiger partial charge in [-0.25, -0.2) is 0 Å². The molecule has 1 aliphatic heterocycles. The summed E-state index contributed by atoms with van der Waals surface area (Å²) in [5.41, 5.74) is 0. The molecule has 40 valence electrons. The Balaban J connectivity index is 2.55. The van der Waals surface area contributed by atoms with E-state index in [9.17, 15) is 0 Å². The summed E-state index contributed by atoms with van der Waals surface area (Å²) in [6.07, 6.45) is 0. The van der Waals surface area contributed by atoms with Gasteiger partial charge in [0.2, 0.25) is 0 Å². The lowest BCUT2D eigenvalue weighted by Crippen LogP contribution is -1.98. The normalized spacial score (nSPS) is 31.4. The van der Waals surface area contributed by atoms with Gasteiger partial charge in [0.25, 0.3) is 0 Å². The highest BCUT2D eigenvalue weighted by Crippen LogP contribution is 2.06. The summed E-state index contributed by atoms with van der Waals surface area (Å²) in [6, 6.07) is 0. The molecule has 1 heterocycles. The van der Waals surface area contributed by atoms with Gasteiger partial charge >= 0.3 is 0 Å². The van der Waals surface area contributed by atoms with Crippen LogP contribution < -0.4 is 4.13 Å². The second-order valence-electron chi connectivity index (χ2n) is 1.14. The predicted molar refractivity (Wildman–Crippen MR) is 33.4 cm³/mol. The number of hydrogen-bond donors (Lipinski definition) is 3. The van der Waals surface area contributed by atoms with Crippen LogP contribution in [0.25, 0.3) is 0 Å². The van der Waals surface area contributed by atoms with Crippen LogP contribution in [0.15, 0.2) is 0 Å². The largest absolute Gasteiger partial charge is 0.296 e. The van der Waals surface area contributed by atoms with Crippen molar-refractivity contribution >= 4 is 27.9 Å². The Labute approximate surface area is 48.5 Å². The maximum Gasteiger partial charge on any atom is 0.0922 e. The number of nitrogens with one attached hydrogen (secondary N) is 3. The van der Waals surface area contributed by atoms with Crippen LogP contribution in [0.2, 0.25) is 0 Å². The van der Waals surface area contributed by atoms with E-state index in [4.69, 9.17) is 10.2 Å². The van der Waals surface area contributed by atoms with Crippen LogP contribution in [0.5, 0.6) is 0 Å². The maximum absolute atomic E-state index is 7.02. The van der Waals surface area contributed by atoms with Crippen LogP contribution in [0, 0.1) is 10.2 Å². The van der Waals surface area contributed by atoms with Crippen molar-refractivity contribution in [3.8, 4) is 0 Å². The second kappa shape index (κ2) is 1.94. The third-order valence-electron chi connectivity index (χ3n) is 0.541. The molecule has 3 N–H and O–H groups in total. The topological polar surface area (TPSA) is 59.7 Å². The fourth-order valence-corrected chi connectivity index (χ4v) is 2.18. The zero-order valence-corrected chi connectivity index (χ0v) is 5.16. The van der Waals surface area contributed by atoms with Crippen molar-refractivity contribution in [1.82, 2.24) is 4.13 Å². The van der Waals surface area contributed by atoms with Crippen LogP contribution in [0.4, 0.5) is 0 Å². The van der Waals surface area contributed by atoms with Crippen molar-refractivity contribution < 1.29 is 0 Å². The van der Waals surface area contributed by atoms with Crippen molar-refractivity contribution in [1.29, 1.82) is 10.2 Å². The smallest absolute Gasteiger partial charge is 0.0922 e. The van der Waals surface area contributed by atoms with Crippen LogP contribution in [0.3, 0.4) is 0 Å². The Morgan fingerprint density at radius 1 is 1.86 bits per heavy atom. The summed E-state index contributed by atoms with van der Waals surface area (Å²) in [7, 11) is -0.465. The van der Waals surface area contributed by atoms with E-state index in [-0.39, 0.29) is 0 Å². The molecule has 0 spiro atoms. The molecule has 0 saturated carbocycles. The highest BCUT2D eigenvalue weighted by Gasteiger charge is 2.09. The summed E-state index contributed by atoms with van der Waals surface area (Å²) in [4.78, 5) is 0. The minimum Gasteiger partial charge on any atom is -0.296 e. The molecular weight excluding hydrogens is 130 g/mol. The van der Waals surface area contributed by atoms with Gasteiger partial charge in [-0.2, -0.15) is 4.13 Å². The lowest BCUT2D eigenvalue weighted by atomic mass is 10.9. The summed E-state index contributed by atoms with van der Waals surface area (Å²) >= 11 is 1.26. The van der Waals surface area contributed by atoms with E-state index in [2.05, 4.69) is 4.13 Å². The standard InChI is InChI=1S/C2H5N3S2/c3-2-1-7(4)5-6-2/h3H,1H2,(H2,4,5). The van der Waals surface area contributed by atoms with E-state index < -0.39 is 10.9 Å². The summed E-state index contributed by atoms with van der Waals surface area (Å²) < 4.78 is 9.77.